The van der Waals surface area contributed by atoms with Crippen LogP contribution < -0.4 is 5.32 Å². The van der Waals surface area contributed by atoms with Crippen molar-refractivity contribution in [1.82, 2.24) is 15.5 Å². The summed E-state index contributed by atoms with van der Waals surface area (Å²) in [5, 5.41) is 10.1. The molecule has 1 fully saturated rings. The number of rotatable bonds is 4. The fourth-order valence-corrected chi connectivity index (χ4v) is 3.56. The maximum absolute atomic E-state index is 12.1. The topological polar surface area (TPSA) is 70.9 Å². The summed E-state index contributed by atoms with van der Waals surface area (Å²) in [5.74, 6) is 1.58. The highest BCUT2D eigenvalue weighted by atomic mass is 32.2. The first kappa shape index (κ1) is 14.3. The fourth-order valence-electron chi connectivity index (χ4n) is 2.23. The third-order valence-electron chi connectivity index (χ3n) is 3.35. The predicted molar refractivity (Wildman–Crippen MR) is 84.9 cm³/mol. The van der Waals surface area contributed by atoms with E-state index in [4.69, 9.17) is 16.6 Å². The third kappa shape index (κ3) is 3.54. The number of H-pyrrole nitrogens is 1. The number of benzene rings is 1. The van der Waals surface area contributed by atoms with Crippen LogP contribution in [0.2, 0.25) is 0 Å². The van der Waals surface area contributed by atoms with Gasteiger partial charge in [-0.3, -0.25) is 4.79 Å². The molecule has 0 aliphatic carbocycles. The van der Waals surface area contributed by atoms with E-state index in [1.54, 1.807) is 24.3 Å². The molecule has 0 unspecified atom stereocenters. The van der Waals surface area contributed by atoms with Gasteiger partial charge >= 0.3 is 0 Å². The minimum atomic E-state index is -0.0445. The Balaban J connectivity index is 1.63. The monoisotopic (exact) mass is 321 g/mol. The molecular weight excluding hydrogens is 306 g/mol. The Labute approximate surface area is 131 Å². The molecule has 1 atom stereocenters. The van der Waals surface area contributed by atoms with Crippen molar-refractivity contribution < 1.29 is 9.21 Å². The van der Waals surface area contributed by atoms with Gasteiger partial charge in [-0.2, -0.15) is 11.8 Å². The van der Waals surface area contributed by atoms with Crippen LogP contribution >= 0.6 is 24.0 Å². The first-order valence-corrected chi connectivity index (χ1v) is 8.24. The second kappa shape index (κ2) is 6.44. The summed E-state index contributed by atoms with van der Waals surface area (Å²) in [7, 11) is 0. The van der Waals surface area contributed by atoms with E-state index in [9.17, 15) is 4.79 Å². The zero-order chi connectivity index (χ0) is 14.7. The van der Waals surface area contributed by atoms with Crippen molar-refractivity contribution in [2.45, 2.75) is 18.1 Å². The maximum Gasteiger partial charge on any atom is 0.284 e. The highest BCUT2D eigenvalue weighted by Crippen LogP contribution is 2.25. The van der Waals surface area contributed by atoms with Crippen LogP contribution in [0, 0.1) is 4.84 Å². The van der Waals surface area contributed by atoms with Crippen molar-refractivity contribution in [3.8, 4) is 11.5 Å². The Kier molecular flexibility index (Phi) is 4.40. The molecule has 3 rings (SSSR count). The standard InChI is InChI=1S/C14H15N3O2S2/c18-12(15-8-11-2-1-7-21-11)9-3-5-10(6-4-9)13-16-17-14(20)19-13/h3-6,11H,1-2,7-8H2,(H,15,18)(H,17,20)/t11-/m1/s1. The van der Waals surface area contributed by atoms with Crippen molar-refractivity contribution in [3.05, 3.63) is 34.7 Å². The summed E-state index contributed by atoms with van der Waals surface area (Å²) >= 11 is 6.77. The number of hydrogen-bond donors (Lipinski definition) is 2. The van der Waals surface area contributed by atoms with Crippen molar-refractivity contribution in [1.29, 1.82) is 0 Å². The predicted octanol–water partition coefficient (Wildman–Crippen LogP) is 3.02. The molecule has 1 aromatic carbocycles. The molecule has 0 radical (unpaired) electrons. The molecule has 1 amide bonds. The van der Waals surface area contributed by atoms with E-state index >= 15 is 0 Å². The highest BCUT2D eigenvalue weighted by molar-refractivity contribution is 8.00. The van der Waals surface area contributed by atoms with Crippen LogP contribution in [-0.2, 0) is 0 Å². The van der Waals surface area contributed by atoms with Gasteiger partial charge in [0.2, 0.25) is 5.89 Å². The number of thioether (sulfide) groups is 1. The van der Waals surface area contributed by atoms with Crippen molar-refractivity contribution in [2.24, 2.45) is 0 Å². The molecule has 1 aliphatic heterocycles. The van der Waals surface area contributed by atoms with E-state index < -0.39 is 0 Å². The largest absolute Gasteiger partial charge is 0.409 e. The normalized spacial score (nSPS) is 17.8. The first-order valence-electron chi connectivity index (χ1n) is 6.78. The Hall–Kier alpha value is -1.60. The Morgan fingerprint density at radius 2 is 2.29 bits per heavy atom. The number of amides is 1. The Morgan fingerprint density at radius 3 is 2.90 bits per heavy atom. The lowest BCUT2D eigenvalue weighted by atomic mass is 10.1. The number of aromatic amines is 1. The molecule has 0 spiro atoms. The number of aromatic nitrogens is 2. The molecule has 1 aromatic heterocycles. The van der Waals surface area contributed by atoms with Crippen LogP contribution in [0.4, 0.5) is 0 Å². The molecule has 7 heteroatoms. The maximum atomic E-state index is 12.1. The first-order chi connectivity index (χ1) is 10.2. The van der Waals surface area contributed by atoms with Gasteiger partial charge in [-0.1, -0.05) is 0 Å². The van der Waals surface area contributed by atoms with Gasteiger partial charge in [0.1, 0.15) is 0 Å². The quantitative estimate of drug-likeness (QED) is 0.847. The van der Waals surface area contributed by atoms with Crippen molar-refractivity contribution >= 4 is 29.9 Å². The van der Waals surface area contributed by atoms with Crippen LogP contribution in [-0.4, -0.2) is 33.7 Å². The average molecular weight is 321 g/mol. The van der Waals surface area contributed by atoms with E-state index in [-0.39, 0.29) is 10.7 Å². The highest BCUT2D eigenvalue weighted by Gasteiger charge is 2.16. The second-order valence-corrected chi connectivity index (χ2v) is 6.62. The number of nitrogens with one attached hydrogen (secondary N) is 2. The molecule has 2 heterocycles. The Morgan fingerprint density at radius 1 is 1.48 bits per heavy atom. The third-order valence-corrected chi connectivity index (χ3v) is 4.92. The summed E-state index contributed by atoms with van der Waals surface area (Å²) in [6, 6.07) is 7.13. The van der Waals surface area contributed by atoms with Crippen LogP contribution in [0.3, 0.4) is 0 Å². The lowest BCUT2D eigenvalue weighted by molar-refractivity contribution is 0.0953. The molecule has 5 nitrogen and oxygen atoms in total. The molecule has 1 aliphatic rings. The van der Waals surface area contributed by atoms with Crippen molar-refractivity contribution in [2.75, 3.05) is 12.3 Å². The van der Waals surface area contributed by atoms with Gasteiger partial charge in [0, 0.05) is 22.9 Å². The van der Waals surface area contributed by atoms with Gasteiger partial charge in [-0.15, -0.1) is 5.10 Å². The molecule has 0 bridgehead atoms. The fraction of sp³-hybridized carbons (Fsp3) is 0.357. The zero-order valence-electron chi connectivity index (χ0n) is 11.3. The van der Waals surface area contributed by atoms with E-state index in [1.165, 1.54) is 18.6 Å². The number of carbonyl (C=O) groups excluding carboxylic acids is 1. The zero-order valence-corrected chi connectivity index (χ0v) is 12.9. The van der Waals surface area contributed by atoms with Gasteiger partial charge in [0.15, 0.2) is 0 Å². The van der Waals surface area contributed by atoms with Gasteiger partial charge < -0.3 is 9.73 Å². The molecule has 1 saturated heterocycles. The van der Waals surface area contributed by atoms with E-state index in [0.29, 0.717) is 16.7 Å². The number of carbonyl (C=O) groups is 1. The summed E-state index contributed by atoms with van der Waals surface area (Å²) < 4.78 is 5.23. The minimum Gasteiger partial charge on any atom is -0.409 e. The summed E-state index contributed by atoms with van der Waals surface area (Å²) in [5.41, 5.74) is 1.42. The van der Waals surface area contributed by atoms with Gasteiger partial charge in [0.25, 0.3) is 10.7 Å². The van der Waals surface area contributed by atoms with Gasteiger partial charge in [-0.25, -0.2) is 5.10 Å². The van der Waals surface area contributed by atoms with Gasteiger partial charge in [-0.05, 0) is 55.1 Å². The second-order valence-electron chi connectivity index (χ2n) is 4.84. The number of hydrogen-bond acceptors (Lipinski definition) is 5. The van der Waals surface area contributed by atoms with Gasteiger partial charge in [0.05, 0.1) is 0 Å². The van der Waals surface area contributed by atoms with E-state index in [0.717, 1.165) is 12.1 Å². The van der Waals surface area contributed by atoms with E-state index in [1.807, 2.05) is 11.8 Å². The SMILES string of the molecule is O=C(NC[C@H]1CCCS1)c1ccc(-c2n[nH]c(=S)o2)cc1. The molecule has 21 heavy (non-hydrogen) atoms. The van der Waals surface area contributed by atoms with Crippen LogP contribution in [0.15, 0.2) is 28.7 Å². The molecule has 0 saturated carbocycles. The smallest absolute Gasteiger partial charge is 0.284 e. The van der Waals surface area contributed by atoms with Crippen molar-refractivity contribution in [3.63, 3.8) is 0 Å². The molecule has 2 aromatic rings. The van der Waals surface area contributed by atoms with Crippen LogP contribution in [0.5, 0.6) is 0 Å². The number of nitrogens with zero attached hydrogens (tertiary/aromatic N) is 1. The summed E-state index contributed by atoms with van der Waals surface area (Å²) in [4.78, 5) is 12.3. The van der Waals surface area contributed by atoms with E-state index in [2.05, 4.69) is 15.5 Å². The van der Waals surface area contributed by atoms with Crippen LogP contribution in [0.25, 0.3) is 11.5 Å². The molecular formula is C14H15N3O2S2. The molecule has 110 valence electrons. The average Bonchev–Trinajstić information content (AvgIpc) is 3.16. The summed E-state index contributed by atoms with van der Waals surface area (Å²) in [6.45, 7) is 0.735. The minimum absolute atomic E-state index is 0.0445. The lowest BCUT2D eigenvalue weighted by Crippen LogP contribution is -2.29. The molecule has 2 N–H and O–H groups in total. The van der Waals surface area contributed by atoms with Crippen LogP contribution in [0.1, 0.15) is 23.2 Å². The summed E-state index contributed by atoms with van der Waals surface area (Å²) in [6.07, 6.45) is 2.44. The Bertz CT molecular complexity index is 672. The lowest BCUT2D eigenvalue weighted by Gasteiger charge is -2.10.